The number of fused-ring (bicyclic) bond motifs is 1. The third-order valence-corrected chi connectivity index (χ3v) is 10.3. The van der Waals surface area contributed by atoms with Gasteiger partial charge in [0.05, 0.1) is 81.3 Å². The van der Waals surface area contributed by atoms with Gasteiger partial charge in [-0.25, -0.2) is 5.43 Å². The number of halogens is 4. The number of hydrazone groups is 1. The number of ether oxygens (including phenoxy) is 4. The summed E-state index contributed by atoms with van der Waals surface area (Å²) in [6.45, 7) is 6.93. The van der Waals surface area contributed by atoms with Crippen molar-refractivity contribution in [3.05, 3.63) is 80.2 Å². The van der Waals surface area contributed by atoms with Crippen LogP contribution in [0.4, 0.5) is 18.2 Å². The minimum Gasteiger partial charge on any atom is -0.491 e. The molecule has 1 aliphatic rings. The van der Waals surface area contributed by atoms with E-state index in [1.54, 1.807) is 29.2 Å². The van der Waals surface area contributed by atoms with Gasteiger partial charge in [0.2, 0.25) is 0 Å². The van der Waals surface area contributed by atoms with Crippen LogP contribution < -0.4 is 15.5 Å². The van der Waals surface area contributed by atoms with Gasteiger partial charge in [-0.05, 0) is 66.1 Å². The number of hydrogen-bond donors (Lipinski definition) is 5. The molecule has 13 nitrogen and oxygen atoms in total. The predicted octanol–water partition coefficient (Wildman–Crippen LogP) is 5.03. The number of carbonyl (C=O) groups is 2. The monoisotopic (exact) mass is 842 g/mol. The minimum atomic E-state index is -4.66. The first-order valence-corrected chi connectivity index (χ1v) is 19.6. The van der Waals surface area contributed by atoms with Gasteiger partial charge in [-0.3, -0.25) is 14.5 Å². The van der Waals surface area contributed by atoms with Crippen molar-refractivity contribution in [3.8, 4) is 5.75 Å². The van der Waals surface area contributed by atoms with E-state index in [2.05, 4.69) is 29.7 Å². The highest BCUT2D eigenvalue weighted by atomic mass is 35.5. The summed E-state index contributed by atoms with van der Waals surface area (Å²) in [6, 6.07) is 9.87. The van der Waals surface area contributed by atoms with E-state index in [-0.39, 0.29) is 62.7 Å². The van der Waals surface area contributed by atoms with Crippen molar-refractivity contribution in [2.24, 2.45) is 10.5 Å². The number of hydrogen-bond acceptors (Lipinski definition) is 12. The van der Waals surface area contributed by atoms with E-state index in [1.807, 2.05) is 0 Å². The summed E-state index contributed by atoms with van der Waals surface area (Å²) in [7, 11) is 0. The SMILES string of the molecule is CC1(C)CCc2c(sc(NC(=O)c3cccc(OCCOCCOCCOC[C@H](O)CN(CCO)CCO)c3)c2C(=O)N/N=C/c2ccc(Cl)c(C(F)(F)F)c2)C1. The molecule has 18 heteroatoms. The smallest absolute Gasteiger partial charge is 0.417 e. The molecule has 0 unspecified atom stereocenters. The summed E-state index contributed by atoms with van der Waals surface area (Å²) in [5.74, 6) is -0.630. The zero-order valence-electron chi connectivity index (χ0n) is 31.9. The molecule has 2 amide bonds. The van der Waals surface area contributed by atoms with Gasteiger partial charge >= 0.3 is 6.18 Å². The second-order valence-electron chi connectivity index (χ2n) is 14.0. The van der Waals surface area contributed by atoms with Crippen LogP contribution in [-0.4, -0.2) is 123 Å². The van der Waals surface area contributed by atoms with E-state index in [9.17, 15) is 27.9 Å². The molecule has 2 aromatic carbocycles. The third-order valence-electron chi connectivity index (χ3n) is 8.86. The molecule has 314 valence electrons. The lowest BCUT2D eigenvalue weighted by molar-refractivity contribution is -0.137. The molecular weight excluding hydrogens is 793 g/mol. The van der Waals surface area contributed by atoms with Crippen molar-refractivity contribution < 1.29 is 57.0 Å². The van der Waals surface area contributed by atoms with E-state index in [0.717, 1.165) is 35.2 Å². The van der Waals surface area contributed by atoms with Crippen LogP contribution in [0.1, 0.15) is 62.6 Å². The van der Waals surface area contributed by atoms with Crippen LogP contribution in [0.5, 0.6) is 5.75 Å². The quantitative estimate of drug-likeness (QED) is 0.0496. The van der Waals surface area contributed by atoms with Gasteiger partial charge in [0.1, 0.15) is 17.4 Å². The molecule has 0 bridgehead atoms. The maximum Gasteiger partial charge on any atom is 0.417 e. The zero-order chi connectivity index (χ0) is 41.4. The van der Waals surface area contributed by atoms with E-state index in [0.29, 0.717) is 62.1 Å². The summed E-state index contributed by atoms with van der Waals surface area (Å²) in [5.41, 5.74) is 2.84. The molecule has 1 aromatic heterocycles. The Morgan fingerprint density at radius 2 is 1.68 bits per heavy atom. The molecular formula is C39H50ClF3N4O9S. The Hall–Kier alpha value is -3.65. The number of carbonyl (C=O) groups excluding carboxylic acids is 2. The average molecular weight is 843 g/mol. The largest absolute Gasteiger partial charge is 0.491 e. The summed E-state index contributed by atoms with van der Waals surface area (Å²) < 4.78 is 62.2. The Kier molecular flexibility index (Phi) is 18.2. The Bertz CT molecular complexity index is 1790. The average Bonchev–Trinajstić information content (AvgIpc) is 3.50. The number of aliphatic hydroxyl groups excluding tert-OH is 3. The van der Waals surface area contributed by atoms with Crippen LogP contribution in [0.15, 0.2) is 47.6 Å². The van der Waals surface area contributed by atoms with Crippen LogP contribution in [0.25, 0.3) is 0 Å². The first-order valence-electron chi connectivity index (χ1n) is 18.4. The highest BCUT2D eigenvalue weighted by Crippen LogP contribution is 2.44. The normalized spacial score (nSPS) is 14.5. The number of aliphatic hydroxyl groups is 3. The first-order chi connectivity index (χ1) is 27.2. The van der Waals surface area contributed by atoms with Crippen LogP contribution in [0, 0.1) is 5.41 Å². The molecule has 57 heavy (non-hydrogen) atoms. The summed E-state index contributed by atoms with van der Waals surface area (Å²) in [4.78, 5) is 29.7. The van der Waals surface area contributed by atoms with Gasteiger partial charge in [-0.1, -0.05) is 37.6 Å². The van der Waals surface area contributed by atoms with E-state index < -0.39 is 34.7 Å². The molecule has 3 aromatic rings. The number of anilines is 1. The molecule has 5 N–H and O–H groups in total. The number of nitrogens with zero attached hydrogens (tertiary/aromatic N) is 2. The highest BCUT2D eigenvalue weighted by Gasteiger charge is 2.34. The Morgan fingerprint density at radius 3 is 2.37 bits per heavy atom. The topological polar surface area (TPSA) is 171 Å². The zero-order valence-corrected chi connectivity index (χ0v) is 33.5. The Morgan fingerprint density at radius 1 is 1.00 bits per heavy atom. The molecule has 0 spiro atoms. The summed E-state index contributed by atoms with van der Waals surface area (Å²) in [5, 5.41) is 34.9. The lowest BCUT2D eigenvalue weighted by Gasteiger charge is -2.29. The van der Waals surface area contributed by atoms with Gasteiger partial charge in [0.25, 0.3) is 11.8 Å². The fourth-order valence-corrected chi connectivity index (χ4v) is 7.73. The number of rotatable bonds is 23. The van der Waals surface area contributed by atoms with Crippen molar-refractivity contribution in [2.75, 3.05) is 84.4 Å². The molecule has 0 aliphatic heterocycles. The molecule has 1 aliphatic carbocycles. The fraction of sp³-hybridized carbons (Fsp3) is 0.513. The molecule has 1 heterocycles. The number of alkyl halides is 3. The van der Waals surface area contributed by atoms with Crippen LogP contribution in [0.2, 0.25) is 5.02 Å². The summed E-state index contributed by atoms with van der Waals surface area (Å²) in [6.07, 6.45) is -2.20. The molecule has 1 atom stereocenters. The number of benzene rings is 2. The van der Waals surface area contributed by atoms with Gasteiger partial charge < -0.3 is 39.6 Å². The number of nitrogens with one attached hydrogen (secondary N) is 2. The van der Waals surface area contributed by atoms with Crippen molar-refractivity contribution >= 4 is 46.0 Å². The van der Waals surface area contributed by atoms with Crippen molar-refractivity contribution in [1.82, 2.24) is 10.3 Å². The predicted molar refractivity (Wildman–Crippen MR) is 211 cm³/mol. The van der Waals surface area contributed by atoms with E-state index in [4.69, 9.17) is 40.8 Å². The van der Waals surface area contributed by atoms with Crippen molar-refractivity contribution in [1.29, 1.82) is 0 Å². The second-order valence-corrected chi connectivity index (χ2v) is 15.5. The minimum absolute atomic E-state index is 0.00827. The molecule has 4 rings (SSSR count). The van der Waals surface area contributed by atoms with E-state index in [1.165, 1.54) is 17.4 Å². The van der Waals surface area contributed by atoms with Crippen LogP contribution in [0.3, 0.4) is 0 Å². The lowest BCUT2D eigenvalue weighted by Crippen LogP contribution is -2.38. The van der Waals surface area contributed by atoms with Crippen molar-refractivity contribution in [3.63, 3.8) is 0 Å². The van der Waals surface area contributed by atoms with Gasteiger partial charge in [-0.15, -0.1) is 11.3 Å². The number of amides is 2. The highest BCUT2D eigenvalue weighted by molar-refractivity contribution is 7.17. The number of thiophene rings is 1. The van der Waals surface area contributed by atoms with Gasteiger partial charge in [0.15, 0.2) is 0 Å². The van der Waals surface area contributed by atoms with Crippen molar-refractivity contribution in [2.45, 2.75) is 45.4 Å². The van der Waals surface area contributed by atoms with Crippen LogP contribution >= 0.6 is 22.9 Å². The Balaban J connectivity index is 1.24. The maximum absolute atomic E-state index is 13.5. The molecule has 0 saturated heterocycles. The maximum atomic E-state index is 13.5. The molecule has 0 fully saturated rings. The van der Waals surface area contributed by atoms with E-state index >= 15 is 0 Å². The van der Waals surface area contributed by atoms with Crippen LogP contribution in [-0.2, 0) is 33.2 Å². The molecule has 0 saturated carbocycles. The summed E-state index contributed by atoms with van der Waals surface area (Å²) >= 11 is 7.03. The lowest BCUT2D eigenvalue weighted by atomic mass is 9.77. The first kappa shape index (κ1) is 46.0. The Labute approximate surface area is 338 Å². The van der Waals surface area contributed by atoms with Gasteiger partial charge in [-0.2, -0.15) is 18.3 Å². The second kappa shape index (κ2) is 22.5. The van der Waals surface area contributed by atoms with Gasteiger partial charge in [0, 0.05) is 30.1 Å². The standard InChI is InChI=1S/C39H50ClF3N4O9S/c1-38(2)9-8-30-33(22-38)57-37(34(30)36(52)46-44-23-26-6-7-32(40)31(20-26)39(41,42)43)45-35(51)27-4-3-5-29(21-27)56-19-18-54-15-14-53-16-17-55-25-28(50)24-47(10-12-48)11-13-49/h3-7,20-21,23,28,48-50H,8-19,22,24-25H2,1-2H3,(H,45,51)(H,46,52)/b44-23+/t28-/m1/s1. The molecule has 0 radical (unpaired) electrons. The third kappa shape index (κ3) is 14.9. The fourth-order valence-electron chi connectivity index (χ4n) is 6.00.